The minimum absolute atomic E-state index is 0.221. The molecule has 0 N–H and O–H groups in total. The summed E-state index contributed by atoms with van der Waals surface area (Å²) in [4.78, 5) is 6.44. The summed E-state index contributed by atoms with van der Waals surface area (Å²) in [5.41, 5.74) is 1.23. The molecule has 1 fully saturated rings. The molecular weight excluding hydrogens is 467 g/mol. The Hall–Kier alpha value is -3.35. The van der Waals surface area contributed by atoms with Crippen molar-refractivity contribution in [3.8, 4) is 11.8 Å². The molecule has 2 aromatic carbocycles. The normalized spacial score (nSPS) is 16.9. The molecule has 1 aliphatic carbocycles. The van der Waals surface area contributed by atoms with Crippen molar-refractivity contribution in [3.05, 3.63) is 58.6 Å². The van der Waals surface area contributed by atoms with Crippen molar-refractivity contribution in [2.24, 2.45) is 5.41 Å². The molecule has 2 aliphatic rings. The second kappa shape index (κ2) is 7.86. The number of aromatic nitrogens is 4. The highest BCUT2D eigenvalue weighted by molar-refractivity contribution is 6.35. The fourth-order valence-corrected chi connectivity index (χ4v) is 4.54. The van der Waals surface area contributed by atoms with E-state index in [9.17, 15) is 8.78 Å². The Labute approximate surface area is 197 Å². The van der Waals surface area contributed by atoms with Crippen LogP contribution in [0.3, 0.4) is 0 Å². The smallest absolute Gasteiger partial charge is 0.257 e. The lowest BCUT2D eigenvalue weighted by Crippen LogP contribution is -2.23. The fraction of sp³-hybridized carbons (Fsp3) is 0.292. The van der Waals surface area contributed by atoms with Crippen molar-refractivity contribution < 1.29 is 17.9 Å². The third-order valence-corrected chi connectivity index (χ3v) is 6.64. The Morgan fingerprint density at radius 3 is 2.82 bits per heavy atom. The van der Waals surface area contributed by atoms with Gasteiger partial charge in [0.25, 0.3) is 12.2 Å². The van der Waals surface area contributed by atoms with E-state index in [0.717, 1.165) is 5.56 Å². The van der Waals surface area contributed by atoms with Crippen LogP contribution in [0.4, 0.5) is 24.7 Å². The molecule has 4 aromatic rings. The van der Waals surface area contributed by atoms with Crippen molar-refractivity contribution in [1.29, 1.82) is 0 Å². The number of hydrogen-bond donors (Lipinski definition) is 0. The molecule has 0 unspecified atom stereocenters. The van der Waals surface area contributed by atoms with Gasteiger partial charge in [-0.15, -0.1) is 10.2 Å². The zero-order chi connectivity index (χ0) is 23.4. The van der Waals surface area contributed by atoms with Gasteiger partial charge in [0, 0.05) is 23.4 Å². The fourth-order valence-electron chi connectivity index (χ4n) is 4.29. The molecule has 172 valence electrons. The highest BCUT2D eigenvalue weighted by atomic mass is 35.5. The number of ether oxygens (including phenoxy) is 1. The van der Waals surface area contributed by atoms with Gasteiger partial charge in [0.2, 0.25) is 0 Å². The van der Waals surface area contributed by atoms with Crippen LogP contribution in [0.2, 0.25) is 5.02 Å². The third kappa shape index (κ3) is 3.29. The lowest BCUT2D eigenvalue weighted by atomic mass is 10.0. The topological polar surface area (TPSA) is 55.5 Å². The molecule has 1 saturated carbocycles. The van der Waals surface area contributed by atoms with Crippen LogP contribution in [0.5, 0.6) is 0 Å². The predicted octanol–water partition coefficient (Wildman–Crippen LogP) is 5.14. The molecule has 0 radical (unpaired) electrons. The lowest BCUT2D eigenvalue weighted by molar-refractivity contribution is 0.0921. The molecule has 6 nitrogen and oxygen atoms in total. The first-order valence-corrected chi connectivity index (χ1v) is 11.1. The Morgan fingerprint density at radius 2 is 2.03 bits per heavy atom. The summed E-state index contributed by atoms with van der Waals surface area (Å²) in [6.45, 7) is 0.960. The van der Waals surface area contributed by atoms with Gasteiger partial charge < -0.3 is 9.64 Å². The first-order valence-electron chi connectivity index (χ1n) is 10.7. The predicted molar refractivity (Wildman–Crippen MR) is 121 cm³/mol. The molecule has 1 aliphatic heterocycles. The second-order valence-electron chi connectivity index (χ2n) is 8.40. The van der Waals surface area contributed by atoms with E-state index in [0.29, 0.717) is 53.6 Å². The summed E-state index contributed by atoms with van der Waals surface area (Å²) in [5.74, 6) is 5.84. The summed E-state index contributed by atoms with van der Waals surface area (Å²) >= 11 is 6.46. The zero-order valence-corrected chi connectivity index (χ0v) is 18.5. The van der Waals surface area contributed by atoms with E-state index < -0.39 is 17.7 Å². The Balaban J connectivity index is 1.56. The van der Waals surface area contributed by atoms with Crippen molar-refractivity contribution >= 4 is 39.8 Å². The maximum Gasteiger partial charge on any atom is 0.257 e. The van der Waals surface area contributed by atoms with E-state index in [-0.39, 0.29) is 17.8 Å². The molecule has 10 heteroatoms. The average molecular weight is 484 g/mol. The van der Waals surface area contributed by atoms with Crippen LogP contribution in [0, 0.1) is 23.1 Å². The van der Waals surface area contributed by atoms with Gasteiger partial charge in [-0.2, -0.15) is 4.98 Å². The van der Waals surface area contributed by atoms with Gasteiger partial charge in [0.05, 0.1) is 34.6 Å². The van der Waals surface area contributed by atoms with Crippen molar-refractivity contribution in [2.75, 3.05) is 18.1 Å². The summed E-state index contributed by atoms with van der Waals surface area (Å²) in [6.07, 6.45) is -0.259. The van der Waals surface area contributed by atoms with Crippen molar-refractivity contribution in [3.63, 3.8) is 0 Å². The zero-order valence-electron chi connectivity index (χ0n) is 17.7. The molecule has 0 saturated heterocycles. The summed E-state index contributed by atoms with van der Waals surface area (Å²) in [7, 11) is 0. The second-order valence-corrected chi connectivity index (χ2v) is 8.81. The van der Waals surface area contributed by atoms with Gasteiger partial charge >= 0.3 is 0 Å². The molecule has 0 spiro atoms. The standard InChI is InChI=1S/C24H17ClF3N5O/c25-16-4-5-17(26)19-20(16)33-13-29-31-23(33)30-21(19)32-10-11-34-12-15-14(2-1-3-18(15)32)6-7-24(8-9-24)22(27)28/h1-5,13,22H,8-12H2. The summed E-state index contributed by atoms with van der Waals surface area (Å²) in [6, 6.07) is 8.21. The quantitative estimate of drug-likeness (QED) is 0.370. The van der Waals surface area contributed by atoms with Gasteiger partial charge in [-0.05, 0) is 37.1 Å². The van der Waals surface area contributed by atoms with E-state index in [1.54, 1.807) is 16.5 Å². The van der Waals surface area contributed by atoms with Crippen LogP contribution in [-0.2, 0) is 11.3 Å². The number of fused-ring (bicyclic) bond motifs is 4. The maximum atomic E-state index is 15.2. The van der Waals surface area contributed by atoms with E-state index in [4.69, 9.17) is 16.3 Å². The van der Waals surface area contributed by atoms with Gasteiger partial charge in [-0.1, -0.05) is 29.5 Å². The number of rotatable bonds is 2. The van der Waals surface area contributed by atoms with Gasteiger partial charge in [-0.3, -0.25) is 4.40 Å². The molecule has 0 bridgehead atoms. The molecule has 3 heterocycles. The SMILES string of the molecule is Fc1ccc(Cl)c2c1c(N1CCOCc3c(C#CC4(C(F)F)CC4)cccc31)nc1nncn12. The summed E-state index contributed by atoms with van der Waals surface area (Å²) < 4.78 is 49.3. The minimum atomic E-state index is -2.48. The Morgan fingerprint density at radius 1 is 1.18 bits per heavy atom. The third-order valence-electron chi connectivity index (χ3n) is 6.33. The number of hydrogen-bond acceptors (Lipinski definition) is 5. The van der Waals surface area contributed by atoms with Crippen LogP contribution in [0.1, 0.15) is 24.0 Å². The van der Waals surface area contributed by atoms with Crippen molar-refractivity contribution in [1.82, 2.24) is 19.6 Å². The Bertz CT molecular complexity index is 1510. The number of alkyl halides is 2. The molecule has 34 heavy (non-hydrogen) atoms. The van der Waals surface area contributed by atoms with E-state index in [1.165, 1.54) is 18.5 Å². The average Bonchev–Trinajstić information content (AvgIpc) is 3.54. The van der Waals surface area contributed by atoms with Crippen LogP contribution in [0.25, 0.3) is 16.7 Å². The van der Waals surface area contributed by atoms with Crippen molar-refractivity contribution in [2.45, 2.75) is 25.9 Å². The highest BCUT2D eigenvalue weighted by Gasteiger charge is 2.50. The van der Waals surface area contributed by atoms with Gasteiger partial charge in [-0.25, -0.2) is 13.2 Å². The number of nitrogens with zero attached hydrogens (tertiary/aromatic N) is 5. The highest BCUT2D eigenvalue weighted by Crippen LogP contribution is 2.50. The van der Waals surface area contributed by atoms with Crippen LogP contribution in [-0.4, -0.2) is 39.2 Å². The van der Waals surface area contributed by atoms with E-state index >= 15 is 4.39 Å². The maximum absolute atomic E-state index is 15.2. The number of benzene rings is 2. The molecule has 0 atom stereocenters. The molecular formula is C24H17ClF3N5O. The van der Waals surface area contributed by atoms with Crippen LogP contribution in [0.15, 0.2) is 36.7 Å². The summed E-state index contributed by atoms with van der Waals surface area (Å²) in [5, 5.41) is 8.49. The number of halogens is 4. The molecule has 0 amide bonds. The minimum Gasteiger partial charge on any atom is -0.375 e. The first-order chi connectivity index (χ1) is 16.5. The number of anilines is 2. The molecule has 6 rings (SSSR count). The monoisotopic (exact) mass is 483 g/mol. The first kappa shape index (κ1) is 21.2. The van der Waals surface area contributed by atoms with E-state index in [1.807, 2.05) is 11.0 Å². The van der Waals surface area contributed by atoms with Gasteiger partial charge in [0.15, 0.2) is 0 Å². The Kier molecular flexibility index (Phi) is 4.90. The largest absolute Gasteiger partial charge is 0.375 e. The van der Waals surface area contributed by atoms with Crippen LogP contribution >= 0.6 is 11.6 Å². The van der Waals surface area contributed by atoms with E-state index in [2.05, 4.69) is 27.0 Å². The lowest BCUT2D eigenvalue weighted by Gasteiger charge is -2.25. The molecule has 2 aromatic heterocycles. The van der Waals surface area contributed by atoms with Crippen LogP contribution < -0.4 is 4.90 Å². The van der Waals surface area contributed by atoms with Gasteiger partial charge in [0.1, 0.15) is 18.0 Å².